The number of sulfonamides is 1. The summed E-state index contributed by atoms with van der Waals surface area (Å²) in [7, 11) is -3.68. The zero-order chi connectivity index (χ0) is 24.2. The fraction of sp³-hybridized carbons (Fsp3) is 0.318. The molecule has 3 aromatic rings. The van der Waals surface area contributed by atoms with E-state index < -0.39 is 16.0 Å². The molecule has 1 aromatic heterocycles. The second-order valence-electron chi connectivity index (χ2n) is 7.53. The molecule has 0 fully saturated rings. The number of hydrogen-bond acceptors (Lipinski definition) is 6. The van der Waals surface area contributed by atoms with Crippen LogP contribution in [-0.4, -0.2) is 62.1 Å². The Bertz CT molecular complexity index is 1240. The Labute approximate surface area is 197 Å². The summed E-state index contributed by atoms with van der Waals surface area (Å²) in [6.07, 6.45) is 0.948. The predicted octanol–water partition coefficient (Wildman–Crippen LogP) is 2.90. The molecule has 0 unspecified atom stereocenters. The van der Waals surface area contributed by atoms with Gasteiger partial charge in [0.25, 0.3) is 0 Å². The van der Waals surface area contributed by atoms with E-state index in [0.29, 0.717) is 21.8 Å². The van der Waals surface area contributed by atoms with E-state index in [4.69, 9.17) is 21.6 Å². The van der Waals surface area contributed by atoms with E-state index in [1.807, 2.05) is 19.1 Å². The number of carboxylic acid groups (broad SMARTS) is 1. The standard InChI is InChI=1S/C22H26ClN3O6S/c1-15-18(14-22(28)29)17-8-7-16(13-19(17)24-15)32-12-10-25(9-11-27)20-5-3-4-6-21(20)26(23)33(2,30)31/h3-8,13,24,27H,9-12,14H2,1-2H3,(H,28,29). The summed E-state index contributed by atoms with van der Waals surface area (Å²) < 4.78 is 30.4. The Hall–Kier alpha value is -2.95. The van der Waals surface area contributed by atoms with Gasteiger partial charge in [0.05, 0.1) is 37.2 Å². The van der Waals surface area contributed by atoms with Crippen molar-refractivity contribution in [3.8, 4) is 5.75 Å². The van der Waals surface area contributed by atoms with E-state index in [1.165, 1.54) is 0 Å². The van der Waals surface area contributed by atoms with Gasteiger partial charge in [0, 0.05) is 41.0 Å². The molecule has 0 radical (unpaired) electrons. The SMILES string of the molecule is Cc1[nH]c2cc(OCCN(CCO)c3ccccc3N(Cl)S(C)(=O)=O)ccc2c1CC(=O)O. The van der Waals surface area contributed by atoms with Crippen molar-refractivity contribution in [3.63, 3.8) is 0 Å². The maximum Gasteiger partial charge on any atom is 0.307 e. The van der Waals surface area contributed by atoms with Crippen LogP contribution in [0, 0.1) is 6.92 Å². The highest BCUT2D eigenvalue weighted by Gasteiger charge is 2.21. The zero-order valence-corrected chi connectivity index (χ0v) is 19.9. The minimum absolute atomic E-state index is 0.0629. The topological polar surface area (TPSA) is 123 Å². The van der Waals surface area contributed by atoms with Crippen LogP contribution in [0.4, 0.5) is 11.4 Å². The third kappa shape index (κ3) is 5.89. The highest BCUT2D eigenvalue weighted by Crippen LogP contribution is 2.32. The second-order valence-corrected chi connectivity index (χ2v) is 9.90. The van der Waals surface area contributed by atoms with Gasteiger partial charge in [-0.05, 0) is 36.8 Å². The van der Waals surface area contributed by atoms with Gasteiger partial charge in [-0.1, -0.05) is 12.1 Å². The first kappa shape index (κ1) is 24.7. The number of benzene rings is 2. The zero-order valence-electron chi connectivity index (χ0n) is 18.3. The molecule has 178 valence electrons. The minimum Gasteiger partial charge on any atom is -0.492 e. The van der Waals surface area contributed by atoms with E-state index in [0.717, 1.165) is 28.4 Å². The lowest BCUT2D eigenvalue weighted by atomic mass is 10.1. The number of carbonyl (C=O) groups is 1. The average Bonchev–Trinajstić information content (AvgIpc) is 3.06. The lowest BCUT2D eigenvalue weighted by molar-refractivity contribution is -0.136. The summed E-state index contributed by atoms with van der Waals surface area (Å²) in [6.45, 7) is 2.55. The number of fused-ring (bicyclic) bond motifs is 1. The predicted molar refractivity (Wildman–Crippen MR) is 129 cm³/mol. The minimum atomic E-state index is -3.68. The van der Waals surface area contributed by atoms with Gasteiger partial charge in [0.15, 0.2) is 0 Å². The molecule has 0 atom stereocenters. The van der Waals surface area contributed by atoms with Crippen molar-refractivity contribution in [2.24, 2.45) is 0 Å². The van der Waals surface area contributed by atoms with Crippen LogP contribution in [0.5, 0.6) is 5.75 Å². The smallest absolute Gasteiger partial charge is 0.307 e. The number of halogens is 1. The molecule has 0 spiro atoms. The van der Waals surface area contributed by atoms with Gasteiger partial charge in [-0.3, -0.25) is 4.79 Å². The molecule has 0 amide bonds. The van der Waals surface area contributed by atoms with Gasteiger partial charge in [-0.2, -0.15) is 3.82 Å². The summed E-state index contributed by atoms with van der Waals surface area (Å²) in [5.41, 5.74) is 3.15. The lowest BCUT2D eigenvalue weighted by Gasteiger charge is -2.28. The van der Waals surface area contributed by atoms with Gasteiger partial charge in [0.1, 0.15) is 12.4 Å². The van der Waals surface area contributed by atoms with Gasteiger partial charge in [-0.25, -0.2) is 8.42 Å². The van der Waals surface area contributed by atoms with Crippen molar-refractivity contribution in [1.29, 1.82) is 0 Å². The molecule has 0 saturated heterocycles. The van der Waals surface area contributed by atoms with Crippen LogP contribution in [0.3, 0.4) is 0 Å². The molecule has 1 heterocycles. The van der Waals surface area contributed by atoms with Crippen LogP contribution in [0.15, 0.2) is 42.5 Å². The number of nitrogens with zero attached hydrogens (tertiary/aromatic N) is 2. The monoisotopic (exact) mass is 495 g/mol. The van der Waals surface area contributed by atoms with Crippen LogP contribution in [0.1, 0.15) is 11.3 Å². The van der Waals surface area contributed by atoms with Crippen LogP contribution >= 0.6 is 11.8 Å². The number of rotatable bonds is 11. The number of para-hydroxylation sites is 2. The molecule has 0 aliphatic rings. The van der Waals surface area contributed by atoms with Gasteiger partial charge < -0.3 is 24.8 Å². The van der Waals surface area contributed by atoms with Crippen LogP contribution in [-0.2, 0) is 21.2 Å². The number of aryl methyl sites for hydroxylation is 1. The van der Waals surface area contributed by atoms with E-state index >= 15 is 0 Å². The summed E-state index contributed by atoms with van der Waals surface area (Å²) in [6, 6.07) is 12.2. The molecule has 3 N–H and O–H groups in total. The molecule has 33 heavy (non-hydrogen) atoms. The lowest BCUT2D eigenvalue weighted by Crippen LogP contribution is -2.33. The maximum absolute atomic E-state index is 11.9. The number of anilines is 2. The number of aromatic amines is 1. The number of aromatic nitrogens is 1. The average molecular weight is 496 g/mol. The molecular weight excluding hydrogens is 470 g/mol. The molecule has 9 nitrogen and oxygen atoms in total. The molecule has 0 aliphatic heterocycles. The van der Waals surface area contributed by atoms with E-state index in [9.17, 15) is 18.3 Å². The van der Waals surface area contributed by atoms with Crippen molar-refractivity contribution < 1.29 is 28.2 Å². The van der Waals surface area contributed by atoms with Crippen molar-refractivity contribution in [3.05, 3.63) is 53.7 Å². The number of ether oxygens (including phenoxy) is 1. The Morgan fingerprint density at radius 3 is 2.48 bits per heavy atom. The number of hydrogen-bond donors (Lipinski definition) is 3. The Morgan fingerprint density at radius 1 is 1.15 bits per heavy atom. The summed E-state index contributed by atoms with van der Waals surface area (Å²) in [4.78, 5) is 16.1. The van der Waals surface area contributed by atoms with Crippen LogP contribution < -0.4 is 13.5 Å². The number of aliphatic hydroxyl groups excluding tert-OH is 1. The first-order valence-electron chi connectivity index (χ1n) is 10.2. The molecule has 11 heteroatoms. The van der Waals surface area contributed by atoms with E-state index in [-0.39, 0.29) is 31.9 Å². The van der Waals surface area contributed by atoms with Crippen LogP contribution in [0.2, 0.25) is 0 Å². The normalized spacial score (nSPS) is 11.5. The largest absolute Gasteiger partial charge is 0.492 e. The number of H-pyrrole nitrogens is 1. The Kier molecular flexibility index (Phi) is 7.72. The van der Waals surface area contributed by atoms with Crippen molar-refractivity contribution in [1.82, 2.24) is 4.98 Å². The number of carboxylic acids is 1. The van der Waals surface area contributed by atoms with E-state index in [1.54, 1.807) is 35.2 Å². The summed E-state index contributed by atoms with van der Waals surface area (Å²) >= 11 is 6.05. The summed E-state index contributed by atoms with van der Waals surface area (Å²) in [5, 5.41) is 19.5. The van der Waals surface area contributed by atoms with Gasteiger partial charge >= 0.3 is 5.97 Å². The van der Waals surface area contributed by atoms with Gasteiger partial charge in [0.2, 0.25) is 10.0 Å². The fourth-order valence-corrected chi connectivity index (χ4v) is 4.30. The molecular formula is C22H26ClN3O6S. The molecule has 0 saturated carbocycles. The van der Waals surface area contributed by atoms with Gasteiger partial charge in [-0.15, -0.1) is 0 Å². The number of nitrogens with one attached hydrogen (secondary N) is 1. The highest BCUT2D eigenvalue weighted by atomic mass is 35.5. The third-order valence-electron chi connectivity index (χ3n) is 5.12. The van der Waals surface area contributed by atoms with E-state index in [2.05, 4.69) is 4.98 Å². The number of aliphatic carboxylic acids is 1. The third-order valence-corrected chi connectivity index (χ3v) is 6.84. The Morgan fingerprint density at radius 2 is 1.85 bits per heavy atom. The maximum atomic E-state index is 11.9. The van der Waals surface area contributed by atoms with Crippen molar-refractivity contribution in [2.45, 2.75) is 13.3 Å². The molecule has 2 aromatic carbocycles. The second kappa shape index (κ2) is 10.3. The molecule has 0 aliphatic carbocycles. The Balaban J connectivity index is 1.76. The first-order chi connectivity index (χ1) is 15.6. The molecule has 3 rings (SSSR count). The van der Waals surface area contributed by atoms with Crippen LogP contribution in [0.25, 0.3) is 10.9 Å². The van der Waals surface area contributed by atoms with Crippen molar-refractivity contribution in [2.75, 3.05) is 41.3 Å². The molecule has 0 bridgehead atoms. The number of aliphatic hydroxyl groups is 1. The highest BCUT2D eigenvalue weighted by molar-refractivity contribution is 7.93. The first-order valence-corrected chi connectivity index (χ1v) is 12.4. The quantitative estimate of drug-likeness (QED) is 0.349. The van der Waals surface area contributed by atoms with Crippen molar-refractivity contribution >= 4 is 50.0 Å². The fourth-order valence-electron chi connectivity index (χ4n) is 3.64. The summed E-state index contributed by atoms with van der Waals surface area (Å²) in [5.74, 6) is -0.298.